The number of aliphatic carboxylic acids is 1. The van der Waals surface area contributed by atoms with E-state index in [4.69, 9.17) is 19.0 Å². The maximum absolute atomic E-state index is 13.3. The number of anilines is 1. The van der Waals surface area contributed by atoms with Crippen molar-refractivity contribution < 1.29 is 43.3 Å². The van der Waals surface area contributed by atoms with E-state index in [1.165, 1.54) is 10.3 Å². The van der Waals surface area contributed by atoms with E-state index in [1.54, 1.807) is 20.8 Å². The number of carbonyl (C=O) groups excluding carboxylic acids is 3. The molecule has 6 rings (SSSR count). The van der Waals surface area contributed by atoms with E-state index in [9.17, 15) is 24.3 Å². The zero-order chi connectivity index (χ0) is 26.6. The Bertz CT molecular complexity index is 1170. The molecule has 0 radical (unpaired) electrons. The number of carboxylic acids is 1. The molecule has 5 aliphatic rings. The van der Waals surface area contributed by atoms with Gasteiger partial charge in [0, 0.05) is 18.2 Å². The number of ether oxygens (including phenoxy) is 3. The Kier molecular flexibility index (Phi) is 5.99. The summed E-state index contributed by atoms with van der Waals surface area (Å²) in [6.07, 6.45) is -1.15. The molecule has 0 aromatic carbocycles. The molecule has 1 aliphatic carbocycles. The average molecular weight is 539 g/mol. The lowest BCUT2D eigenvalue weighted by atomic mass is 9.84. The summed E-state index contributed by atoms with van der Waals surface area (Å²) in [6.45, 7) is 5.99. The number of carboxylic acid groups (broad SMARTS) is 1. The van der Waals surface area contributed by atoms with Crippen LogP contribution in [0, 0.1) is 0 Å². The largest absolute Gasteiger partial charge is 0.478 e. The maximum atomic E-state index is 13.3. The van der Waals surface area contributed by atoms with Crippen LogP contribution in [0.1, 0.15) is 39.3 Å². The van der Waals surface area contributed by atoms with Crippen molar-refractivity contribution in [2.75, 3.05) is 25.0 Å². The summed E-state index contributed by atoms with van der Waals surface area (Å²) >= 11 is 1.02. The monoisotopic (exact) mass is 538 g/mol. The molecule has 1 saturated carbocycles. The Balaban J connectivity index is 1.30. The van der Waals surface area contributed by atoms with E-state index >= 15 is 0 Å². The first kappa shape index (κ1) is 25.2. The number of hydrogen-bond donors (Lipinski definition) is 4. The highest BCUT2D eigenvalue weighted by Crippen LogP contribution is 2.43. The van der Waals surface area contributed by atoms with Crippen molar-refractivity contribution >= 4 is 46.2 Å². The third-order valence-electron chi connectivity index (χ3n) is 6.06. The first-order valence-corrected chi connectivity index (χ1v) is 12.4. The van der Waals surface area contributed by atoms with E-state index in [-0.39, 0.29) is 42.5 Å². The fourth-order valence-corrected chi connectivity index (χ4v) is 4.61. The Morgan fingerprint density at radius 1 is 1.38 bits per heavy atom. The van der Waals surface area contributed by atoms with Crippen molar-refractivity contribution in [3.05, 3.63) is 11.1 Å². The summed E-state index contributed by atoms with van der Waals surface area (Å²) in [5.74, 6) is -1.88. The molecule has 4 aliphatic heterocycles. The Labute approximate surface area is 214 Å². The smallest absolute Gasteiger partial charge is 0.413 e. The van der Waals surface area contributed by atoms with Crippen molar-refractivity contribution in [3.63, 3.8) is 0 Å². The molecule has 3 atom stereocenters. The minimum absolute atomic E-state index is 0.0637. The minimum Gasteiger partial charge on any atom is -0.478 e. The van der Waals surface area contributed by atoms with Crippen molar-refractivity contribution in [1.82, 2.24) is 20.5 Å². The van der Waals surface area contributed by atoms with E-state index in [1.807, 2.05) is 0 Å². The Morgan fingerprint density at radius 3 is 2.65 bits per heavy atom. The number of nitrogens with zero attached hydrogens (tertiary/aromatic N) is 3. The molecular weight excluding hydrogens is 512 g/mol. The second-order valence-electron chi connectivity index (χ2n) is 10.1. The van der Waals surface area contributed by atoms with Gasteiger partial charge in [0.2, 0.25) is 5.60 Å². The lowest BCUT2D eigenvalue weighted by Gasteiger charge is -2.67. The summed E-state index contributed by atoms with van der Waals surface area (Å²) in [7, 11) is 0. The number of nitrogens with one attached hydrogen (secondary N) is 3. The van der Waals surface area contributed by atoms with Crippen molar-refractivity contribution in [2.45, 2.75) is 62.8 Å². The molecule has 200 valence electrons. The third kappa shape index (κ3) is 4.91. The van der Waals surface area contributed by atoms with E-state index < -0.39 is 53.3 Å². The minimum atomic E-state index is -1.49. The molecular formula is C21H26N6O9S. The maximum Gasteiger partial charge on any atom is 0.413 e. The topological polar surface area (TPSA) is 190 Å². The molecule has 37 heavy (non-hydrogen) atoms. The fourth-order valence-electron chi connectivity index (χ4n) is 3.93. The highest BCUT2D eigenvalue weighted by molar-refractivity contribution is 7.14. The van der Waals surface area contributed by atoms with E-state index in [0.29, 0.717) is 6.54 Å². The highest BCUT2D eigenvalue weighted by atomic mass is 32.1. The van der Waals surface area contributed by atoms with Crippen LogP contribution in [0.25, 0.3) is 0 Å². The van der Waals surface area contributed by atoms with Crippen LogP contribution in [0.5, 0.6) is 0 Å². The lowest BCUT2D eigenvalue weighted by Crippen LogP contribution is -2.95. The molecule has 4 N–H and O–H groups in total. The van der Waals surface area contributed by atoms with Crippen LogP contribution in [0.2, 0.25) is 0 Å². The van der Waals surface area contributed by atoms with Gasteiger partial charge in [0.15, 0.2) is 16.6 Å². The molecule has 2 bridgehead atoms. The summed E-state index contributed by atoms with van der Waals surface area (Å²) < 4.78 is 15.8. The van der Waals surface area contributed by atoms with Gasteiger partial charge in [-0.1, -0.05) is 5.16 Å². The first-order chi connectivity index (χ1) is 17.4. The molecule has 3 amide bonds. The van der Waals surface area contributed by atoms with Crippen LogP contribution < -0.4 is 16.0 Å². The van der Waals surface area contributed by atoms with Crippen LogP contribution >= 0.6 is 11.3 Å². The van der Waals surface area contributed by atoms with Gasteiger partial charge in [-0.3, -0.25) is 15.4 Å². The number of amides is 3. The molecule has 5 heterocycles. The number of hydrogen-bond acceptors (Lipinski definition) is 12. The van der Waals surface area contributed by atoms with Crippen LogP contribution in [-0.4, -0.2) is 93.7 Å². The third-order valence-corrected chi connectivity index (χ3v) is 6.82. The molecule has 0 spiro atoms. The number of cyclic esters (lactones) is 1. The van der Waals surface area contributed by atoms with Gasteiger partial charge in [0.25, 0.3) is 5.91 Å². The molecule has 2 unspecified atom stereocenters. The van der Waals surface area contributed by atoms with Crippen LogP contribution in [-0.2, 0) is 28.6 Å². The van der Waals surface area contributed by atoms with Gasteiger partial charge in [-0.25, -0.2) is 19.4 Å². The van der Waals surface area contributed by atoms with Crippen LogP contribution in [0.4, 0.5) is 14.7 Å². The van der Waals surface area contributed by atoms with E-state index in [2.05, 4.69) is 26.1 Å². The Morgan fingerprint density at radius 2 is 2.11 bits per heavy atom. The summed E-state index contributed by atoms with van der Waals surface area (Å²) in [6, 6.07) is -0.494. The van der Waals surface area contributed by atoms with Gasteiger partial charge in [-0.05, 0) is 20.8 Å². The van der Waals surface area contributed by atoms with Gasteiger partial charge in [0.05, 0.1) is 13.1 Å². The van der Waals surface area contributed by atoms with Crippen molar-refractivity contribution in [3.8, 4) is 0 Å². The zero-order valence-corrected chi connectivity index (χ0v) is 21.0. The molecule has 1 aromatic heterocycles. The highest BCUT2D eigenvalue weighted by Gasteiger charge is 2.69. The van der Waals surface area contributed by atoms with Crippen molar-refractivity contribution in [1.29, 1.82) is 0 Å². The van der Waals surface area contributed by atoms with Gasteiger partial charge in [-0.2, -0.15) is 0 Å². The van der Waals surface area contributed by atoms with Crippen molar-refractivity contribution in [2.24, 2.45) is 5.16 Å². The number of carbonyl (C=O) groups is 4. The van der Waals surface area contributed by atoms with Gasteiger partial charge >= 0.3 is 18.2 Å². The van der Waals surface area contributed by atoms with Gasteiger partial charge in [0.1, 0.15) is 30.2 Å². The second kappa shape index (κ2) is 8.81. The number of aromatic nitrogens is 1. The molecule has 15 nitrogen and oxygen atoms in total. The second-order valence-corrected chi connectivity index (χ2v) is 10.9. The summed E-state index contributed by atoms with van der Waals surface area (Å²) in [5, 5.41) is 23.3. The SMILES string of the molecule is CC(C)(C)OC(=O)Nc1nc(/C(=N/OC2(C(=O)O)CC2)C(=O)N[C@H]2C3NC2(CN2CCOC2=O)O3)cs1. The lowest BCUT2D eigenvalue weighted by molar-refractivity contribution is -0.377. The molecule has 1 aromatic rings. The standard InChI is InChI=1S/C21H26N6O9S/c1-19(2,3)35-17(31)24-16-22-10(8-37-16)11(26-36-20(4-5-20)15(29)30)13(28)23-12-14-25-21(12,34-14)9-27-6-7-33-18(27)32/h8,12,14,25H,4-7,9H2,1-3H3,(H,23,28)(H,29,30)(H,22,24,31)/b26-11-/t12-,14?,21?/m0/s1. The molecule has 5 fully saturated rings. The molecule has 16 heteroatoms. The number of rotatable bonds is 9. The summed E-state index contributed by atoms with van der Waals surface area (Å²) in [5.41, 5.74) is -3.39. The fraction of sp³-hybridized carbons (Fsp3) is 0.619. The quantitative estimate of drug-likeness (QED) is 0.252. The number of thiazole rings is 1. The average Bonchev–Trinajstić information content (AvgIpc) is 3.26. The van der Waals surface area contributed by atoms with Crippen LogP contribution in [0.3, 0.4) is 0 Å². The number of oxime groups is 1. The normalized spacial score (nSPS) is 27.4. The van der Waals surface area contributed by atoms with Gasteiger partial charge < -0.3 is 34.4 Å². The predicted octanol–water partition coefficient (Wildman–Crippen LogP) is 0.421. The predicted molar refractivity (Wildman–Crippen MR) is 125 cm³/mol. The first-order valence-electron chi connectivity index (χ1n) is 11.5. The zero-order valence-electron chi connectivity index (χ0n) is 20.2. The molecule has 4 saturated heterocycles. The Hall–Kier alpha value is -3.50. The van der Waals surface area contributed by atoms with Crippen LogP contribution in [0.15, 0.2) is 10.5 Å². The summed E-state index contributed by atoms with van der Waals surface area (Å²) in [4.78, 5) is 59.7. The van der Waals surface area contributed by atoms with E-state index in [0.717, 1.165) is 11.3 Å². The van der Waals surface area contributed by atoms with Gasteiger partial charge in [-0.15, -0.1) is 11.3 Å².